The minimum Gasteiger partial charge on any atom is -0.497 e. The van der Waals surface area contributed by atoms with Gasteiger partial charge in [0.25, 0.3) is 5.56 Å². The lowest BCUT2D eigenvalue weighted by Crippen LogP contribution is -2.19. The first-order valence-electron chi connectivity index (χ1n) is 8.14. The molecule has 6 nitrogen and oxygen atoms in total. The summed E-state index contributed by atoms with van der Waals surface area (Å²) >= 11 is 1.27. The highest BCUT2D eigenvalue weighted by atomic mass is 32.1. The highest BCUT2D eigenvalue weighted by Gasteiger charge is 2.17. The first kappa shape index (κ1) is 17.0. The van der Waals surface area contributed by atoms with Crippen LogP contribution in [0.4, 0.5) is 5.69 Å². The number of pyridine rings is 1. The van der Waals surface area contributed by atoms with Crippen molar-refractivity contribution >= 4 is 34.0 Å². The van der Waals surface area contributed by atoms with Gasteiger partial charge in [0.2, 0.25) is 5.88 Å². The van der Waals surface area contributed by atoms with Crippen molar-refractivity contribution in [1.82, 2.24) is 9.55 Å². The van der Waals surface area contributed by atoms with Crippen molar-refractivity contribution < 1.29 is 9.84 Å². The van der Waals surface area contributed by atoms with Crippen LogP contribution in [0.2, 0.25) is 0 Å². The normalized spacial score (nSPS) is 11.3. The lowest BCUT2D eigenvalue weighted by atomic mass is 10.1. The summed E-state index contributed by atoms with van der Waals surface area (Å²) in [5.41, 5.74) is 0.796. The van der Waals surface area contributed by atoms with Crippen molar-refractivity contribution in [3.8, 4) is 16.8 Å². The van der Waals surface area contributed by atoms with E-state index in [2.05, 4.69) is 9.98 Å². The van der Waals surface area contributed by atoms with Crippen molar-refractivity contribution in [2.75, 3.05) is 7.11 Å². The van der Waals surface area contributed by atoms with E-state index in [1.807, 2.05) is 24.3 Å². The van der Waals surface area contributed by atoms with Gasteiger partial charge in [-0.3, -0.25) is 9.79 Å². The molecular formula is C20H15N3O3S. The Morgan fingerprint density at radius 2 is 2.00 bits per heavy atom. The number of hydrogen-bond donors (Lipinski definition) is 1. The largest absolute Gasteiger partial charge is 0.497 e. The molecule has 0 aliphatic heterocycles. The molecule has 7 heteroatoms. The lowest BCUT2D eigenvalue weighted by molar-refractivity contribution is 0.415. The molecule has 2 aromatic heterocycles. The van der Waals surface area contributed by atoms with Crippen LogP contribution in [0.15, 0.2) is 69.9 Å². The summed E-state index contributed by atoms with van der Waals surface area (Å²) in [4.78, 5) is 21.5. The Balaban J connectivity index is 1.94. The quantitative estimate of drug-likeness (QED) is 0.547. The van der Waals surface area contributed by atoms with Gasteiger partial charge in [-0.15, -0.1) is 11.3 Å². The first-order chi connectivity index (χ1) is 13.2. The summed E-state index contributed by atoms with van der Waals surface area (Å²) < 4.78 is 6.42. The molecule has 0 aliphatic rings. The molecule has 2 heterocycles. The second-order valence-electron chi connectivity index (χ2n) is 5.70. The summed E-state index contributed by atoms with van der Waals surface area (Å²) in [6.45, 7) is 0. The van der Waals surface area contributed by atoms with Crippen molar-refractivity contribution in [2.45, 2.75) is 0 Å². The van der Waals surface area contributed by atoms with Gasteiger partial charge in [-0.2, -0.15) is 0 Å². The Morgan fingerprint density at radius 1 is 1.19 bits per heavy atom. The third kappa shape index (κ3) is 3.09. The second kappa shape index (κ2) is 7.05. The Bertz CT molecular complexity index is 1200. The Hall–Kier alpha value is -3.45. The van der Waals surface area contributed by atoms with E-state index >= 15 is 0 Å². The summed E-state index contributed by atoms with van der Waals surface area (Å²) in [5, 5.41) is 14.1. The fourth-order valence-electron chi connectivity index (χ4n) is 2.82. The van der Waals surface area contributed by atoms with Gasteiger partial charge in [0.1, 0.15) is 5.75 Å². The average Bonchev–Trinajstić information content (AvgIpc) is 3.22. The highest BCUT2D eigenvalue weighted by Crippen LogP contribution is 2.27. The smallest absolute Gasteiger partial charge is 0.267 e. The SMILES string of the molecule is COc1cccc(N=Cc2c(O)n(-c3nccs3)c(=O)c3ccccc23)c1. The van der Waals surface area contributed by atoms with E-state index in [-0.39, 0.29) is 11.4 Å². The highest BCUT2D eigenvalue weighted by molar-refractivity contribution is 7.12. The monoisotopic (exact) mass is 377 g/mol. The molecule has 2 aromatic carbocycles. The molecule has 1 N–H and O–H groups in total. The lowest BCUT2D eigenvalue weighted by Gasteiger charge is -2.11. The fraction of sp³-hybridized carbons (Fsp3) is 0.0500. The zero-order valence-corrected chi connectivity index (χ0v) is 15.2. The fourth-order valence-corrected chi connectivity index (χ4v) is 3.46. The number of methoxy groups -OCH3 is 1. The summed E-state index contributed by atoms with van der Waals surface area (Å²) in [5.74, 6) is 0.492. The van der Waals surface area contributed by atoms with Crippen LogP contribution >= 0.6 is 11.3 Å². The van der Waals surface area contributed by atoms with Crippen molar-refractivity contribution in [2.24, 2.45) is 4.99 Å². The number of aromatic nitrogens is 2. The topological polar surface area (TPSA) is 76.7 Å². The molecule has 4 rings (SSSR count). The van der Waals surface area contributed by atoms with E-state index in [1.54, 1.807) is 49.2 Å². The van der Waals surface area contributed by atoms with Crippen molar-refractivity contribution in [3.63, 3.8) is 0 Å². The van der Waals surface area contributed by atoms with Crippen LogP contribution in [0.25, 0.3) is 15.9 Å². The molecule has 27 heavy (non-hydrogen) atoms. The Kier molecular flexibility index (Phi) is 4.43. The number of rotatable bonds is 4. The standard InChI is InChI=1S/C20H15N3O3S/c1-26-14-6-4-5-13(11-14)22-12-17-15-7-2-3-8-16(15)18(24)23(19(17)25)20-21-9-10-27-20/h2-12,25H,1H3. The van der Waals surface area contributed by atoms with Gasteiger partial charge in [-0.25, -0.2) is 9.55 Å². The van der Waals surface area contributed by atoms with Gasteiger partial charge in [0.15, 0.2) is 5.13 Å². The minimum absolute atomic E-state index is 0.194. The van der Waals surface area contributed by atoms with Gasteiger partial charge < -0.3 is 9.84 Å². The molecule has 0 bridgehead atoms. The number of hydrogen-bond acceptors (Lipinski definition) is 6. The van der Waals surface area contributed by atoms with Crippen molar-refractivity contribution in [3.05, 3.63) is 76.0 Å². The molecule has 0 spiro atoms. The van der Waals surface area contributed by atoms with E-state index in [1.165, 1.54) is 15.9 Å². The van der Waals surface area contributed by atoms with E-state index < -0.39 is 0 Å². The van der Waals surface area contributed by atoms with Crippen LogP contribution < -0.4 is 10.3 Å². The van der Waals surface area contributed by atoms with Crippen LogP contribution in [-0.2, 0) is 0 Å². The molecule has 0 unspecified atom stereocenters. The van der Waals surface area contributed by atoms with E-state index in [0.717, 1.165) is 0 Å². The minimum atomic E-state index is -0.323. The molecule has 4 aromatic rings. The molecule has 0 saturated carbocycles. The molecule has 0 amide bonds. The maximum absolute atomic E-state index is 12.9. The van der Waals surface area contributed by atoms with Crippen LogP contribution in [-0.4, -0.2) is 28.0 Å². The number of ether oxygens (including phenoxy) is 1. The predicted molar refractivity (Wildman–Crippen MR) is 107 cm³/mol. The van der Waals surface area contributed by atoms with Gasteiger partial charge in [0, 0.05) is 34.6 Å². The summed E-state index contributed by atoms with van der Waals surface area (Å²) in [6.07, 6.45) is 3.14. The van der Waals surface area contributed by atoms with Crippen LogP contribution in [0.5, 0.6) is 11.6 Å². The molecular weight excluding hydrogens is 362 g/mol. The number of aromatic hydroxyl groups is 1. The zero-order chi connectivity index (χ0) is 18.8. The van der Waals surface area contributed by atoms with Gasteiger partial charge in [-0.1, -0.05) is 24.3 Å². The third-order valence-corrected chi connectivity index (χ3v) is 4.87. The van der Waals surface area contributed by atoms with E-state index in [9.17, 15) is 9.90 Å². The molecule has 0 radical (unpaired) electrons. The Morgan fingerprint density at radius 3 is 2.74 bits per heavy atom. The Labute approximate surface area is 158 Å². The number of nitrogens with zero attached hydrogens (tertiary/aromatic N) is 3. The van der Waals surface area contributed by atoms with Crippen LogP contribution in [0, 0.1) is 0 Å². The van der Waals surface area contributed by atoms with E-state index in [0.29, 0.717) is 32.9 Å². The summed E-state index contributed by atoms with van der Waals surface area (Å²) in [7, 11) is 1.59. The number of benzene rings is 2. The number of fused-ring (bicyclic) bond motifs is 1. The maximum Gasteiger partial charge on any atom is 0.267 e. The summed E-state index contributed by atoms with van der Waals surface area (Å²) in [6, 6.07) is 14.4. The van der Waals surface area contributed by atoms with Gasteiger partial charge in [0.05, 0.1) is 18.4 Å². The van der Waals surface area contributed by atoms with Crippen LogP contribution in [0.1, 0.15) is 5.56 Å². The first-order valence-corrected chi connectivity index (χ1v) is 9.01. The van der Waals surface area contributed by atoms with Gasteiger partial charge in [-0.05, 0) is 18.2 Å². The molecule has 0 saturated heterocycles. The third-order valence-electron chi connectivity index (χ3n) is 4.11. The maximum atomic E-state index is 12.9. The van der Waals surface area contributed by atoms with E-state index in [4.69, 9.17) is 4.74 Å². The number of aliphatic imine (C=N–C) groups is 1. The van der Waals surface area contributed by atoms with Crippen molar-refractivity contribution in [1.29, 1.82) is 0 Å². The molecule has 0 fully saturated rings. The number of thiazole rings is 1. The predicted octanol–water partition coefficient (Wildman–Crippen LogP) is 3.91. The molecule has 0 atom stereocenters. The zero-order valence-electron chi connectivity index (χ0n) is 14.4. The molecule has 0 aliphatic carbocycles. The van der Waals surface area contributed by atoms with Crippen LogP contribution in [0.3, 0.4) is 0 Å². The van der Waals surface area contributed by atoms with Gasteiger partial charge >= 0.3 is 0 Å². The second-order valence-corrected chi connectivity index (χ2v) is 6.57. The average molecular weight is 377 g/mol. The molecule has 134 valence electrons.